The minimum atomic E-state index is -0.658. The number of nitrogens with two attached hydrogens (primary N) is 2. The molecule has 6 heteroatoms. The van der Waals surface area contributed by atoms with E-state index in [1.807, 2.05) is 0 Å². The van der Waals surface area contributed by atoms with E-state index in [1.54, 1.807) is 0 Å². The number of rotatable bonds is 4. The number of hydrogen-bond donors (Lipinski definition) is 3. The predicted octanol–water partition coefficient (Wildman–Crippen LogP) is 1.63. The van der Waals surface area contributed by atoms with Crippen molar-refractivity contribution < 1.29 is 14.0 Å². The fraction of sp³-hybridized carbons (Fsp3) is 0.467. The summed E-state index contributed by atoms with van der Waals surface area (Å²) >= 11 is 0. The number of hydrogen-bond acceptors (Lipinski definition) is 3. The van der Waals surface area contributed by atoms with Gasteiger partial charge in [-0.25, -0.2) is 4.39 Å². The van der Waals surface area contributed by atoms with Gasteiger partial charge in [0.15, 0.2) is 0 Å². The van der Waals surface area contributed by atoms with E-state index in [9.17, 15) is 14.0 Å². The number of anilines is 1. The van der Waals surface area contributed by atoms with Gasteiger partial charge in [-0.05, 0) is 56.3 Å². The second-order valence-electron chi connectivity index (χ2n) is 5.50. The maximum Gasteiger partial charge on any atom is 0.248 e. The van der Waals surface area contributed by atoms with Gasteiger partial charge >= 0.3 is 0 Å². The second-order valence-corrected chi connectivity index (χ2v) is 5.50. The highest BCUT2D eigenvalue weighted by Gasteiger charge is 2.26. The van der Waals surface area contributed by atoms with E-state index in [4.69, 9.17) is 11.5 Å². The summed E-state index contributed by atoms with van der Waals surface area (Å²) in [6.45, 7) is 0.642. The van der Waals surface area contributed by atoms with E-state index in [2.05, 4.69) is 5.32 Å². The molecule has 5 nitrogen and oxygen atoms in total. The number of primary amides is 1. The van der Waals surface area contributed by atoms with E-state index in [1.165, 1.54) is 12.1 Å². The summed E-state index contributed by atoms with van der Waals surface area (Å²) < 4.78 is 13.7. The van der Waals surface area contributed by atoms with Gasteiger partial charge in [-0.15, -0.1) is 0 Å². The molecular weight excluding hydrogens is 273 g/mol. The number of carbonyl (C=O) groups is 2. The molecule has 0 saturated heterocycles. The van der Waals surface area contributed by atoms with E-state index in [-0.39, 0.29) is 23.1 Å². The Kier molecular flexibility index (Phi) is 4.90. The Hall–Kier alpha value is -1.95. The lowest BCUT2D eigenvalue weighted by Crippen LogP contribution is -2.29. The van der Waals surface area contributed by atoms with Gasteiger partial charge in [0, 0.05) is 11.5 Å². The average Bonchev–Trinajstić information content (AvgIpc) is 2.49. The lowest BCUT2D eigenvalue weighted by Gasteiger charge is -2.26. The standard InChI is InChI=1S/C15H20FN3O2/c16-12-6-5-11(14(18)20)7-13(12)19-15(21)10-3-1-9(8-17)2-4-10/h5-7,9-10H,1-4,8,17H2,(H2,18,20)(H,19,21). The zero-order chi connectivity index (χ0) is 15.4. The van der Waals surface area contributed by atoms with Gasteiger partial charge in [0.1, 0.15) is 5.82 Å². The van der Waals surface area contributed by atoms with Gasteiger partial charge in [0.05, 0.1) is 5.69 Å². The van der Waals surface area contributed by atoms with Crippen LogP contribution in [-0.4, -0.2) is 18.4 Å². The minimum absolute atomic E-state index is 0.00255. The van der Waals surface area contributed by atoms with Crippen LogP contribution in [0.1, 0.15) is 36.0 Å². The summed E-state index contributed by atoms with van der Waals surface area (Å²) in [7, 11) is 0. The van der Waals surface area contributed by atoms with Crippen molar-refractivity contribution in [2.24, 2.45) is 23.3 Å². The van der Waals surface area contributed by atoms with Crippen molar-refractivity contribution in [2.45, 2.75) is 25.7 Å². The summed E-state index contributed by atoms with van der Waals surface area (Å²) in [5, 5.41) is 2.56. The first-order valence-electron chi connectivity index (χ1n) is 7.11. The van der Waals surface area contributed by atoms with Gasteiger partial charge in [-0.1, -0.05) is 0 Å². The molecule has 1 aromatic rings. The summed E-state index contributed by atoms with van der Waals surface area (Å²) in [5.41, 5.74) is 10.9. The molecule has 0 spiro atoms. The van der Waals surface area contributed by atoms with Crippen LogP contribution in [0.25, 0.3) is 0 Å². The third-order valence-electron chi connectivity index (χ3n) is 4.06. The van der Waals surface area contributed by atoms with Gasteiger partial charge < -0.3 is 16.8 Å². The van der Waals surface area contributed by atoms with Crippen LogP contribution in [0.4, 0.5) is 10.1 Å². The molecule has 1 fully saturated rings. The van der Waals surface area contributed by atoms with Gasteiger partial charge in [-0.3, -0.25) is 9.59 Å². The fourth-order valence-electron chi connectivity index (χ4n) is 2.67. The Morgan fingerprint density at radius 3 is 2.48 bits per heavy atom. The van der Waals surface area contributed by atoms with Crippen molar-refractivity contribution in [3.63, 3.8) is 0 Å². The van der Waals surface area contributed by atoms with Crippen LogP contribution >= 0.6 is 0 Å². The number of carbonyl (C=O) groups excluding carboxylic acids is 2. The third kappa shape index (κ3) is 3.78. The largest absolute Gasteiger partial charge is 0.366 e. The van der Waals surface area contributed by atoms with Crippen molar-refractivity contribution in [1.82, 2.24) is 0 Å². The highest BCUT2D eigenvalue weighted by Crippen LogP contribution is 2.29. The van der Waals surface area contributed by atoms with Crippen molar-refractivity contribution in [3.05, 3.63) is 29.6 Å². The molecule has 0 unspecified atom stereocenters. The summed E-state index contributed by atoms with van der Waals surface area (Å²) in [4.78, 5) is 23.3. The van der Waals surface area contributed by atoms with Crippen molar-refractivity contribution in [3.8, 4) is 0 Å². The lowest BCUT2D eigenvalue weighted by atomic mass is 9.81. The van der Waals surface area contributed by atoms with Crippen molar-refractivity contribution in [1.29, 1.82) is 0 Å². The summed E-state index contributed by atoms with van der Waals surface area (Å²) in [6, 6.07) is 3.68. The van der Waals surface area contributed by atoms with Crippen molar-refractivity contribution >= 4 is 17.5 Å². The summed E-state index contributed by atoms with van der Waals surface area (Å²) in [6.07, 6.45) is 3.34. The van der Waals surface area contributed by atoms with Crippen LogP contribution < -0.4 is 16.8 Å². The predicted molar refractivity (Wildman–Crippen MR) is 78.1 cm³/mol. The second kappa shape index (κ2) is 6.67. The van der Waals surface area contributed by atoms with E-state index >= 15 is 0 Å². The number of benzene rings is 1. The SMILES string of the molecule is NCC1CCC(C(=O)Nc2cc(C(N)=O)ccc2F)CC1. The van der Waals surface area contributed by atoms with Crippen LogP contribution in [0.15, 0.2) is 18.2 Å². The molecule has 0 aliphatic heterocycles. The zero-order valence-electron chi connectivity index (χ0n) is 11.8. The van der Waals surface area contributed by atoms with Crippen LogP contribution in [0.3, 0.4) is 0 Å². The minimum Gasteiger partial charge on any atom is -0.366 e. The molecule has 0 aromatic heterocycles. The first-order valence-corrected chi connectivity index (χ1v) is 7.11. The molecule has 0 heterocycles. The Morgan fingerprint density at radius 1 is 1.24 bits per heavy atom. The molecule has 1 aliphatic carbocycles. The molecule has 5 N–H and O–H groups in total. The average molecular weight is 293 g/mol. The van der Waals surface area contributed by atoms with E-state index < -0.39 is 11.7 Å². The molecule has 1 aromatic carbocycles. The van der Waals surface area contributed by atoms with Crippen LogP contribution in [0.5, 0.6) is 0 Å². The van der Waals surface area contributed by atoms with Gasteiger partial charge in [0.25, 0.3) is 0 Å². The zero-order valence-corrected chi connectivity index (χ0v) is 11.8. The first kappa shape index (κ1) is 15.4. The summed E-state index contributed by atoms with van der Waals surface area (Å²) in [5.74, 6) is -1.11. The molecule has 2 rings (SSSR count). The highest BCUT2D eigenvalue weighted by molar-refractivity contribution is 5.97. The number of nitrogens with one attached hydrogen (secondary N) is 1. The van der Waals surface area contributed by atoms with Crippen LogP contribution in [-0.2, 0) is 4.79 Å². The number of halogens is 1. The van der Waals surface area contributed by atoms with Gasteiger partial charge in [0.2, 0.25) is 11.8 Å². The smallest absolute Gasteiger partial charge is 0.248 e. The molecule has 21 heavy (non-hydrogen) atoms. The highest BCUT2D eigenvalue weighted by atomic mass is 19.1. The van der Waals surface area contributed by atoms with E-state index in [0.29, 0.717) is 12.5 Å². The lowest BCUT2D eigenvalue weighted by molar-refractivity contribution is -0.121. The molecule has 114 valence electrons. The Balaban J connectivity index is 2.03. The number of amides is 2. The Bertz CT molecular complexity index is 540. The maximum atomic E-state index is 13.7. The van der Waals surface area contributed by atoms with E-state index in [0.717, 1.165) is 31.7 Å². The monoisotopic (exact) mass is 293 g/mol. The van der Waals surface area contributed by atoms with Crippen LogP contribution in [0, 0.1) is 17.7 Å². The maximum absolute atomic E-state index is 13.7. The Morgan fingerprint density at radius 2 is 1.90 bits per heavy atom. The van der Waals surface area contributed by atoms with Gasteiger partial charge in [-0.2, -0.15) is 0 Å². The molecule has 0 radical (unpaired) electrons. The Labute approximate surface area is 122 Å². The molecule has 2 amide bonds. The molecule has 0 atom stereocenters. The first-order chi connectivity index (χ1) is 10.0. The fourth-order valence-corrected chi connectivity index (χ4v) is 2.67. The quantitative estimate of drug-likeness (QED) is 0.786. The molecular formula is C15H20FN3O2. The molecule has 1 aliphatic rings. The van der Waals surface area contributed by atoms with Crippen LogP contribution in [0.2, 0.25) is 0 Å². The molecule has 1 saturated carbocycles. The van der Waals surface area contributed by atoms with Crippen molar-refractivity contribution in [2.75, 3.05) is 11.9 Å². The topological polar surface area (TPSA) is 98.2 Å². The molecule has 0 bridgehead atoms. The normalized spacial score (nSPS) is 21.8. The third-order valence-corrected chi connectivity index (χ3v) is 4.06.